The fraction of sp³-hybridized carbons (Fsp3) is 0.111. The maximum Gasteiger partial charge on any atom is 0.264 e. The molecule has 0 spiro atoms. The molecule has 0 bridgehead atoms. The van der Waals surface area contributed by atoms with E-state index in [0.29, 0.717) is 26.7 Å². The first kappa shape index (κ1) is 23.5. The van der Waals surface area contributed by atoms with Gasteiger partial charge in [0.15, 0.2) is 5.17 Å². The molecule has 2 heterocycles. The van der Waals surface area contributed by atoms with Crippen molar-refractivity contribution >= 4 is 68.7 Å². The molecule has 1 saturated heterocycles. The van der Waals surface area contributed by atoms with Gasteiger partial charge < -0.3 is 14.6 Å². The average Bonchev–Trinajstić information content (AvgIpc) is 3.33. The van der Waals surface area contributed by atoms with E-state index >= 15 is 0 Å². The van der Waals surface area contributed by atoms with E-state index in [9.17, 15) is 4.79 Å². The molecule has 0 unspecified atom stereocenters. The van der Waals surface area contributed by atoms with E-state index in [-0.39, 0.29) is 5.91 Å². The van der Waals surface area contributed by atoms with Crippen LogP contribution in [0.3, 0.4) is 0 Å². The van der Waals surface area contributed by atoms with Crippen molar-refractivity contribution in [3.63, 3.8) is 0 Å². The number of nitrogens with one attached hydrogen (secondary N) is 1. The number of hydrogen-bond acceptors (Lipinski definition) is 4. The lowest BCUT2D eigenvalue weighted by Gasteiger charge is -2.10. The van der Waals surface area contributed by atoms with Crippen molar-refractivity contribution in [1.29, 1.82) is 0 Å². The highest BCUT2D eigenvalue weighted by Gasteiger charge is 2.25. The Morgan fingerprint density at radius 2 is 1.86 bits per heavy atom. The summed E-state index contributed by atoms with van der Waals surface area (Å²) in [6.45, 7) is 2.65. The van der Waals surface area contributed by atoms with Gasteiger partial charge in [0.1, 0.15) is 5.75 Å². The lowest BCUT2D eigenvalue weighted by molar-refractivity contribution is -0.115. The minimum absolute atomic E-state index is 0.167. The standard InChI is InChI=1S/C27H21Cl2N3O2S/c1-16-22(14-25-26(33)31-27(35-25)30-19-9-11-20(34-2)12-10-19)21-5-3-4-6-24(21)32(16)15-17-7-8-18(28)13-23(17)29/h3-14H,15H2,1-2H3,(H,30,31,33)/b25-14+. The molecule has 1 amide bonds. The first-order valence-corrected chi connectivity index (χ1v) is 12.5. The summed E-state index contributed by atoms with van der Waals surface area (Å²) in [4.78, 5) is 17.9. The monoisotopic (exact) mass is 521 g/mol. The highest BCUT2D eigenvalue weighted by Crippen LogP contribution is 2.34. The molecule has 1 aromatic heterocycles. The highest BCUT2D eigenvalue weighted by molar-refractivity contribution is 8.18. The van der Waals surface area contributed by atoms with Gasteiger partial charge in [-0.1, -0.05) is 47.5 Å². The van der Waals surface area contributed by atoms with Crippen molar-refractivity contribution in [2.45, 2.75) is 13.5 Å². The summed E-state index contributed by atoms with van der Waals surface area (Å²) in [5.41, 5.74) is 4.81. The molecule has 35 heavy (non-hydrogen) atoms. The first-order chi connectivity index (χ1) is 16.9. The largest absolute Gasteiger partial charge is 0.497 e. The van der Waals surface area contributed by atoms with E-state index in [0.717, 1.165) is 39.2 Å². The van der Waals surface area contributed by atoms with Crippen molar-refractivity contribution in [1.82, 2.24) is 9.88 Å². The molecular formula is C27H21Cl2N3O2S. The number of thioether (sulfide) groups is 1. The summed E-state index contributed by atoms with van der Waals surface area (Å²) in [5, 5.41) is 5.71. The quantitative estimate of drug-likeness (QED) is 0.282. The molecule has 0 radical (unpaired) electrons. The second-order valence-corrected chi connectivity index (χ2v) is 9.89. The number of ether oxygens (including phenoxy) is 1. The van der Waals surface area contributed by atoms with Crippen LogP contribution in [0.5, 0.6) is 5.75 Å². The summed E-state index contributed by atoms with van der Waals surface area (Å²) in [5.74, 6) is 0.587. The molecule has 0 atom stereocenters. The molecule has 176 valence electrons. The van der Waals surface area contributed by atoms with Crippen LogP contribution >= 0.6 is 35.0 Å². The zero-order valence-electron chi connectivity index (χ0n) is 19.0. The van der Waals surface area contributed by atoms with Crippen LogP contribution < -0.4 is 10.1 Å². The van der Waals surface area contributed by atoms with Gasteiger partial charge in [0, 0.05) is 38.8 Å². The number of rotatable bonds is 5. The number of carbonyl (C=O) groups is 1. The van der Waals surface area contributed by atoms with E-state index in [1.807, 2.05) is 54.6 Å². The number of para-hydroxylation sites is 1. The number of benzene rings is 3. The summed E-state index contributed by atoms with van der Waals surface area (Å²) in [6, 6.07) is 21.1. The Morgan fingerprint density at radius 3 is 2.60 bits per heavy atom. The number of nitrogens with zero attached hydrogens (tertiary/aromatic N) is 2. The van der Waals surface area contributed by atoms with E-state index < -0.39 is 0 Å². The number of amidine groups is 1. The lowest BCUT2D eigenvalue weighted by Crippen LogP contribution is -2.19. The van der Waals surface area contributed by atoms with Gasteiger partial charge in [-0.05, 0) is 72.8 Å². The topological polar surface area (TPSA) is 55.6 Å². The Labute approximate surface area is 217 Å². The Morgan fingerprint density at radius 1 is 1.09 bits per heavy atom. The van der Waals surface area contributed by atoms with E-state index in [1.54, 1.807) is 13.2 Å². The summed E-state index contributed by atoms with van der Waals surface area (Å²) in [6.07, 6.45) is 1.94. The number of amides is 1. The molecule has 1 aliphatic heterocycles. The van der Waals surface area contributed by atoms with Crippen molar-refractivity contribution in [3.8, 4) is 5.75 Å². The maximum atomic E-state index is 12.8. The third kappa shape index (κ3) is 4.82. The zero-order chi connectivity index (χ0) is 24.5. The minimum Gasteiger partial charge on any atom is -0.497 e. The number of hydrogen-bond donors (Lipinski definition) is 1. The van der Waals surface area contributed by atoms with Gasteiger partial charge in [-0.15, -0.1) is 0 Å². The first-order valence-electron chi connectivity index (χ1n) is 10.9. The van der Waals surface area contributed by atoms with Crippen LogP contribution in [0.15, 0.2) is 76.6 Å². The number of halogens is 2. The van der Waals surface area contributed by atoms with E-state index in [4.69, 9.17) is 27.9 Å². The maximum absolute atomic E-state index is 12.8. The van der Waals surface area contributed by atoms with Crippen molar-refractivity contribution < 1.29 is 9.53 Å². The molecule has 1 N–H and O–H groups in total. The number of carbonyl (C=O) groups excluding carboxylic acids is 1. The molecule has 0 aliphatic carbocycles. The van der Waals surface area contributed by atoms with Crippen LogP contribution in [0.4, 0.5) is 5.69 Å². The fourth-order valence-electron chi connectivity index (χ4n) is 4.05. The molecule has 5 nitrogen and oxygen atoms in total. The van der Waals surface area contributed by atoms with Gasteiger partial charge in [0.25, 0.3) is 5.91 Å². The molecule has 8 heteroatoms. The van der Waals surface area contributed by atoms with Crippen LogP contribution in [-0.4, -0.2) is 22.8 Å². The summed E-state index contributed by atoms with van der Waals surface area (Å²) < 4.78 is 7.40. The third-order valence-electron chi connectivity index (χ3n) is 5.85. The van der Waals surface area contributed by atoms with Crippen molar-refractivity contribution in [3.05, 3.63) is 98.5 Å². The molecule has 5 rings (SSSR count). The van der Waals surface area contributed by atoms with E-state index in [2.05, 4.69) is 33.9 Å². The second-order valence-electron chi connectivity index (χ2n) is 8.02. The molecule has 1 fully saturated rings. The fourth-order valence-corrected chi connectivity index (χ4v) is 5.34. The van der Waals surface area contributed by atoms with Gasteiger partial charge in [-0.2, -0.15) is 0 Å². The lowest BCUT2D eigenvalue weighted by atomic mass is 10.1. The highest BCUT2D eigenvalue weighted by atomic mass is 35.5. The third-order valence-corrected chi connectivity index (χ3v) is 7.35. The number of fused-ring (bicyclic) bond motifs is 1. The van der Waals surface area contributed by atoms with Crippen LogP contribution in [-0.2, 0) is 11.3 Å². The van der Waals surface area contributed by atoms with Gasteiger partial charge >= 0.3 is 0 Å². The van der Waals surface area contributed by atoms with Gasteiger partial charge in [0.05, 0.1) is 17.7 Å². The Kier molecular flexibility index (Phi) is 6.60. The Hall–Kier alpha value is -3.19. The van der Waals surface area contributed by atoms with Gasteiger partial charge in [-0.25, -0.2) is 4.99 Å². The SMILES string of the molecule is COc1ccc(N=C2NC(=O)/C(=C\c3c(C)n(Cc4ccc(Cl)cc4Cl)c4ccccc34)S2)cc1. The number of aliphatic imine (C=N–C) groups is 1. The predicted octanol–water partition coefficient (Wildman–Crippen LogP) is 7.21. The average molecular weight is 522 g/mol. The Bertz CT molecular complexity index is 1510. The molecule has 1 aliphatic rings. The summed E-state index contributed by atoms with van der Waals surface area (Å²) >= 11 is 13.9. The smallest absolute Gasteiger partial charge is 0.264 e. The van der Waals surface area contributed by atoms with Crippen molar-refractivity contribution in [2.75, 3.05) is 7.11 Å². The van der Waals surface area contributed by atoms with Crippen LogP contribution in [0.1, 0.15) is 16.8 Å². The van der Waals surface area contributed by atoms with Crippen molar-refractivity contribution in [2.24, 2.45) is 4.99 Å². The predicted molar refractivity (Wildman–Crippen MR) is 146 cm³/mol. The second kappa shape index (κ2) is 9.82. The number of aromatic nitrogens is 1. The molecule has 4 aromatic rings. The van der Waals surface area contributed by atoms with Gasteiger partial charge in [0.2, 0.25) is 0 Å². The normalized spacial score (nSPS) is 15.8. The van der Waals surface area contributed by atoms with Crippen LogP contribution in [0.2, 0.25) is 10.0 Å². The minimum atomic E-state index is -0.167. The Balaban J connectivity index is 1.50. The van der Waals surface area contributed by atoms with Gasteiger partial charge in [-0.3, -0.25) is 4.79 Å². The number of methoxy groups -OCH3 is 1. The molecule has 3 aromatic carbocycles. The zero-order valence-corrected chi connectivity index (χ0v) is 21.3. The van der Waals surface area contributed by atoms with Crippen LogP contribution in [0, 0.1) is 6.92 Å². The molecule has 0 saturated carbocycles. The van der Waals surface area contributed by atoms with Crippen LogP contribution in [0.25, 0.3) is 17.0 Å². The van der Waals surface area contributed by atoms with E-state index in [1.165, 1.54) is 11.8 Å². The summed E-state index contributed by atoms with van der Waals surface area (Å²) in [7, 11) is 1.62. The molecular weight excluding hydrogens is 501 g/mol.